The van der Waals surface area contributed by atoms with Crippen LogP contribution < -0.4 is 0 Å². The van der Waals surface area contributed by atoms with Crippen LogP contribution in [0, 0.1) is 6.42 Å². The molecule has 0 N–H and O–H groups in total. The summed E-state index contributed by atoms with van der Waals surface area (Å²) < 4.78 is 5.47. The van der Waals surface area contributed by atoms with Gasteiger partial charge in [-0.15, -0.1) is 0 Å². The molecule has 1 nitrogen and oxygen atoms in total. The Bertz CT molecular complexity index is 242. The molecule has 0 spiro atoms. The Morgan fingerprint density at radius 1 is 1.50 bits per heavy atom. The molecule has 0 saturated heterocycles. The van der Waals surface area contributed by atoms with Gasteiger partial charge in [-0.25, -0.2) is 0 Å². The van der Waals surface area contributed by atoms with E-state index >= 15 is 0 Å². The van der Waals surface area contributed by atoms with Crippen LogP contribution in [0.4, 0.5) is 0 Å². The molecule has 0 aliphatic heterocycles. The predicted molar refractivity (Wildman–Crippen MR) is 47.9 cm³/mol. The average molecular weight is 160 g/mol. The average Bonchev–Trinajstić information content (AvgIpc) is 2.47. The Labute approximate surface area is 73.4 Å². The lowest BCUT2D eigenvalue weighted by molar-refractivity contribution is 0.0932. The number of hydrogen-bond acceptors (Lipinski definition) is 1. The summed E-state index contributed by atoms with van der Waals surface area (Å²) in [6.45, 7) is 2.79. The van der Waals surface area contributed by atoms with Crippen LogP contribution in [-0.4, -0.2) is 12.7 Å². The summed E-state index contributed by atoms with van der Waals surface area (Å²) in [7, 11) is 0. The lowest BCUT2D eigenvalue weighted by Gasteiger charge is -2.06. The van der Waals surface area contributed by atoms with E-state index in [1.54, 1.807) is 0 Å². The first-order valence-electron chi connectivity index (χ1n) is 4.36. The maximum Gasteiger partial charge on any atom is 0.0731 e. The first-order chi connectivity index (χ1) is 5.90. The first kappa shape index (κ1) is 7.81. The Morgan fingerprint density at radius 2 is 2.33 bits per heavy atom. The van der Waals surface area contributed by atoms with E-state index in [2.05, 4.69) is 24.6 Å². The third-order valence-electron chi connectivity index (χ3n) is 2.11. The van der Waals surface area contributed by atoms with Crippen molar-refractivity contribution in [3.8, 4) is 0 Å². The molecule has 2 radical (unpaired) electrons. The first-order valence-corrected chi connectivity index (χ1v) is 4.36. The lowest BCUT2D eigenvalue weighted by Crippen LogP contribution is -2.10. The molecule has 1 heteroatoms. The van der Waals surface area contributed by atoms with E-state index in [0.717, 1.165) is 13.0 Å². The SMILES string of the molecule is CCOC1[C]c2ccccc2C1. The highest BCUT2D eigenvalue weighted by molar-refractivity contribution is 5.39. The standard InChI is InChI=1S/C11H12O/c1-2-12-11-7-9-5-3-4-6-10(9)8-11/h3-6,11H,2,7H2,1H3. The van der Waals surface area contributed by atoms with E-state index in [1.165, 1.54) is 11.1 Å². The Hall–Kier alpha value is -0.820. The zero-order valence-electron chi connectivity index (χ0n) is 7.21. The quantitative estimate of drug-likeness (QED) is 0.643. The van der Waals surface area contributed by atoms with Gasteiger partial charge in [-0.2, -0.15) is 0 Å². The highest BCUT2D eigenvalue weighted by Crippen LogP contribution is 2.25. The molecule has 0 fully saturated rings. The molecule has 0 heterocycles. The van der Waals surface area contributed by atoms with Crippen LogP contribution in [0.25, 0.3) is 0 Å². The molecule has 1 unspecified atom stereocenters. The van der Waals surface area contributed by atoms with Gasteiger partial charge in [0.05, 0.1) is 6.10 Å². The van der Waals surface area contributed by atoms with Gasteiger partial charge in [0.2, 0.25) is 0 Å². The third kappa shape index (κ3) is 1.37. The molecule has 0 aromatic heterocycles. The Balaban J connectivity index is 2.11. The molecule has 1 atom stereocenters. The number of rotatable bonds is 2. The zero-order chi connectivity index (χ0) is 8.39. The molecule has 1 aromatic rings. The smallest absolute Gasteiger partial charge is 0.0731 e. The Kier molecular flexibility index (Phi) is 2.13. The second kappa shape index (κ2) is 3.28. The van der Waals surface area contributed by atoms with Crippen molar-refractivity contribution in [2.24, 2.45) is 0 Å². The van der Waals surface area contributed by atoms with Gasteiger partial charge in [0.1, 0.15) is 0 Å². The van der Waals surface area contributed by atoms with Gasteiger partial charge in [-0.1, -0.05) is 24.3 Å². The van der Waals surface area contributed by atoms with Gasteiger partial charge in [-0.3, -0.25) is 0 Å². The topological polar surface area (TPSA) is 9.23 Å². The van der Waals surface area contributed by atoms with E-state index in [0.29, 0.717) is 0 Å². The fraction of sp³-hybridized carbons (Fsp3) is 0.364. The molecular formula is C11H12O. The van der Waals surface area contributed by atoms with Crippen LogP contribution in [0.5, 0.6) is 0 Å². The Morgan fingerprint density at radius 3 is 3.08 bits per heavy atom. The van der Waals surface area contributed by atoms with Gasteiger partial charge >= 0.3 is 0 Å². The van der Waals surface area contributed by atoms with Crippen molar-refractivity contribution >= 4 is 0 Å². The minimum Gasteiger partial charge on any atom is -0.377 e. The molecule has 0 bridgehead atoms. The monoisotopic (exact) mass is 160 g/mol. The predicted octanol–water partition coefficient (Wildman–Crippen LogP) is 2.08. The van der Waals surface area contributed by atoms with Crippen LogP contribution in [0.2, 0.25) is 0 Å². The van der Waals surface area contributed by atoms with Crippen molar-refractivity contribution < 1.29 is 4.74 Å². The van der Waals surface area contributed by atoms with Gasteiger partial charge in [0.25, 0.3) is 0 Å². The lowest BCUT2D eigenvalue weighted by atomic mass is 10.1. The normalized spacial score (nSPS) is 16.4. The molecular weight excluding hydrogens is 148 g/mol. The van der Waals surface area contributed by atoms with Crippen LogP contribution in [0.3, 0.4) is 0 Å². The summed E-state index contributed by atoms with van der Waals surface area (Å²) in [5.74, 6) is 0. The molecule has 0 amide bonds. The number of hydrogen-bond donors (Lipinski definition) is 0. The number of ether oxygens (including phenoxy) is 1. The highest BCUT2D eigenvalue weighted by Gasteiger charge is 2.21. The maximum absolute atomic E-state index is 5.47. The van der Waals surface area contributed by atoms with E-state index in [4.69, 9.17) is 4.74 Å². The second-order valence-electron chi connectivity index (χ2n) is 2.95. The molecule has 1 aliphatic rings. The molecule has 0 saturated carbocycles. The van der Waals surface area contributed by atoms with Crippen molar-refractivity contribution in [3.63, 3.8) is 0 Å². The summed E-state index contributed by atoms with van der Waals surface area (Å²) >= 11 is 0. The summed E-state index contributed by atoms with van der Waals surface area (Å²) in [6, 6.07) is 8.34. The van der Waals surface area contributed by atoms with Crippen molar-refractivity contribution in [1.82, 2.24) is 0 Å². The summed E-state index contributed by atoms with van der Waals surface area (Å²) in [4.78, 5) is 0. The van der Waals surface area contributed by atoms with Crippen molar-refractivity contribution in [1.29, 1.82) is 0 Å². The second-order valence-corrected chi connectivity index (χ2v) is 2.95. The molecule has 1 aromatic carbocycles. The van der Waals surface area contributed by atoms with E-state index in [1.807, 2.05) is 13.0 Å². The fourth-order valence-electron chi connectivity index (χ4n) is 1.57. The largest absolute Gasteiger partial charge is 0.377 e. The fourth-order valence-corrected chi connectivity index (χ4v) is 1.57. The van der Waals surface area contributed by atoms with Crippen molar-refractivity contribution in [3.05, 3.63) is 41.8 Å². The van der Waals surface area contributed by atoms with Crippen LogP contribution in [-0.2, 0) is 11.2 Å². The van der Waals surface area contributed by atoms with Gasteiger partial charge < -0.3 is 4.74 Å². The maximum atomic E-state index is 5.47. The van der Waals surface area contributed by atoms with Crippen LogP contribution in [0.15, 0.2) is 24.3 Å². The van der Waals surface area contributed by atoms with Crippen LogP contribution >= 0.6 is 0 Å². The summed E-state index contributed by atoms with van der Waals surface area (Å²) in [5.41, 5.74) is 2.58. The van der Waals surface area contributed by atoms with E-state index in [9.17, 15) is 0 Å². The minimum absolute atomic E-state index is 0.187. The van der Waals surface area contributed by atoms with Crippen molar-refractivity contribution in [2.75, 3.05) is 6.61 Å². The van der Waals surface area contributed by atoms with E-state index in [-0.39, 0.29) is 6.10 Å². The molecule has 2 rings (SSSR count). The summed E-state index contributed by atoms with van der Waals surface area (Å²) in [5, 5.41) is 0. The van der Waals surface area contributed by atoms with Gasteiger partial charge in [0.15, 0.2) is 0 Å². The number of benzene rings is 1. The van der Waals surface area contributed by atoms with E-state index < -0.39 is 0 Å². The third-order valence-corrected chi connectivity index (χ3v) is 2.11. The number of fused-ring (bicyclic) bond motifs is 1. The zero-order valence-corrected chi connectivity index (χ0v) is 7.21. The molecule has 1 aliphatic carbocycles. The molecule has 62 valence electrons. The van der Waals surface area contributed by atoms with Crippen molar-refractivity contribution in [2.45, 2.75) is 19.4 Å². The van der Waals surface area contributed by atoms with Crippen LogP contribution in [0.1, 0.15) is 18.1 Å². The molecule has 12 heavy (non-hydrogen) atoms. The van der Waals surface area contributed by atoms with Gasteiger partial charge in [-0.05, 0) is 24.5 Å². The summed E-state index contributed by atoms with van der Waals surface area (Å²) in [6.07, 6.45) is 4.49. The minimum atomic E-state index is 0.187. The van der Waals surface area contributed by atoms with Gasteiger partial charge in [0, 0.05) is 13.0 Å². The highest BCUT2D eigenvalue weighted by atomic mass is 16.5.